The number of hydrogen-bond donors (Lipinski definition) is 2. The molecule has 2 aromatic carbocycles. The van der Waals surface area contributed by atoms with E-state index in [0.29, 0.717) is 17.7 Å². The Morgan fingerprint density at radius 2 is 2.00 bits per heavy atom. The monoisotopic (exact) mass is 370 g/mol. The number of anilines is 1. The van der Waals surface area contributed by atoms with Gasteiger partial charge in [-0.3, -0.25) is 4.79 Å². The van der Waals surface area contributed by atoms with Crippen molar-refractivity contribution in [2.45, 2.75) is 12.5 Å². The summed E-state index contributed by atoms with van der Waals surface area (Å²) in [4.78, 5) is 17.8. The predicted molar refractivity (Wildman–Crippen MR) is 93.5 cm³/mol. The van der Waals surface area contributed by atoms with Crippen LogP contribution in [0.15, 0.2) is 53.1 Å². The molecule has 0 saturated carbocycles. The third-order valence-corrected chi connectivity index (χ3v) is 4.98. The number of aromatic nitrogens is 1. The molecule has 5 heteroatoms. The molecule has 2 heterocycles. The molecule has 1 atom stereocenters. The van der Waals surface area contributed by atoms with Crippen molar-refractivity contribution in [1.82, 2.24) is 4.98 Å². The number of aliphatic hydroxyl groups is 1. The molecule has 1 aliphatic rings. The first-order chi connectivity index (χ1) is 11.1. The lowest BCUT2D eigenvalue weighted by Crippen LogP contribution is -2.41. The van der Waals surface area contributed by atoms with Gasteiger partial charge in [0.1, 0.15) is 0 Å². The average Bonchev–Trinajstić information content (AvgIpc) is 3.07. The first-order valence-electron chi connectivity index (χ1n) is 7.48. The van der Waals surface area contributed by atoms with Gasteiger partial charge in [-0.15, -0.1) is 0 Å². The fourth-order valence-electron chi connectivity index (χ4n) is 3.40. The van der Waals surface area contributed by atoms with Crippen LogP contribution >= 0.6 is 15.9 Å². The molecule has 1 aromatic heterocycles. The minimum absolute atomic E-state index is 0.308. The van der Waals surface area contributed by atoms with E-state index in [-0.39, 0.29) is 5.91 Å². The van der Waals surface area contributed by atoms with Crippen LogP contribution in [0.4, 0.5) is 5.69 Å². The Morgan fingerprint density at radius 3 is 2.78 bits per heavy atom. The highest BCUT2D eigenvalue weighted by molar-refractivity contribution is 9.10. The summed E-state index contributed by atoms with van der Waals surface area (Å²) in [6, 6.07) is 13.3. The summed E-state index contributed by atoms with van der Waals surface area (Å²) >= 11 is 3.44. The lowest BCUT2D eigenvalue weighted by molar-refractivity contribution is -0.132. The molecule has 116 valence electrons. The summed E-state index contributed by atoms with van der Waals surface area (Å²) in [7, 11) is 0. The number of rotatable bonds is 2. The number of para-hydroxylation sites is 1. The quantitative estimate of drug-likeness (QED) is 0.724. The largest absolute Gasteiger partial charge is 0.372 e. The average molecular weight is 371 g/mol. The Kier molecular flexibility index (Phi) is 3.11. The third kappa shape index (κ3) is 1.84. The van der Waals surface area contributed by atoms with Crippen LogP contribution in [-0.4, -0.2) is 22.5 Å². The number of nitrogens with one attached hydrogen (secondary N) is 1. The van der Waals surface area contributed by atoms with Crippen LogP contribution < -0.4 is 4.90 Å². The fourth-order valence-corrected chi connectivity index (χ4v) is 3.76. The molecule has 23 heavy (non-hydrogen) atoms. The second kappa shape index (κ2) is 4.94. The molecule has 0 radical (unpaired) electrons. The summed E-state index contributed by atoms with van der Waals surface area (Å²) in [5.41, 5.74) is 1.19. The first-order valence-corrected chi connectivity index (χ1v) is 8.27. The number of amides is 1. The van der Waals surface area contributed by atoms with Crippen LogP contribution in [0.3, 0.4) is 0 Å². The number of likely N-dealkylation sites (N-methyl/N-ethyl adjacent to an activating group) is 1. The molecule has 0 saturated heterocycles. The van der Waals surface area contributed by atoms with Crippen LogP contribution in [0.5, 0.6) is 0 Å². The van der Waals surface area contributed by atoms with Gasteiger partial charge in [0.2, 0.25) is 0 Å². The van der Waals surface area contributed by atoms with E-state index in [1.165, 1.54) is 0 Å². The number of carbonyl (C=O) groups excluding carboxylic acids is 1. The summed E-state index contributed by atoms with van der Waals surface area (Å²) in [6.07, 6.45) is 1.73. The van der Waals surface area contributed by atoms with Crippen LogP contribution in [0, 0.1) is 0 Å². The van der Waals surface area contributed by atoms with Crippen molar-refractivity contribution >= 4 is 38.4 Å². The topological polar surface area (TPSA) is 56.3 Å². The molecule has 1 aliphatic heterocycles. The van der Waals surface area contributed by atoms with Crippen molar-refractivity contribution in [1.29, 1.82) is 0 Å². The highest BCUT2D eigenvalue weighted by Gasteiger charge is 2.51. The number of halogens is 1. The van der Waals surface area contributed by atoms with Crippen molar-refractivity contribution in [3.8, 4) is 0 Å². The Balaban J connectivity index is 2.04. The Hall–Kier alpha value is -2.11. The molecule has 0 unspecified atom stereocenters. The lowest BCUT2D eigenvalue weighted by Gasteiger charge is -2.22. The van der Waals surface area contributed by atoms with Crippen LogP contribution in [0.25, 0.3) is 10.9 Å². The molecule has 0 aliphatic carbocycles. The summed E-state index contributed by atoms with van der Waals surface area (Å²) in [5, 5.41) is 12.3. The van der Waals surface area contributed by atoms with Gasteiger partial charge in [-0.05, 0) is 31.2 Å². The highest BCUT2D eigenvalue weighted by atomic mass is 79.9. The Bertz CT molecular complexity index is 934. The van der Waals surface area contributed by atoms with Gasteiger partial charge < -0.3 is 15.0 Å². The summed E-state index contributed by atoms with van der Waals surface area (Å²) in [6.45, 7) is 2.42. The maximum atomic E-state index is 13.0. The number of carbonyl (C=O) groups is 1. The molecule has 3 aromatic rings. The van der Waals surface area contributed by atoms with Gasteiger partial charge in [-0.25, -0.2) is 0 Å². The molecule has 4 rings (SSSR count). The van der Waals surface area contributed by atoms with Gasteiger partial charge in [-0.2, -0.15) is 0 Å². The Morgan fingerprint density at radius 1 is 1.22 bits per heavy atom. The minimum atomic E-state index is -1.67. The smallest absolute Gasteiger partial charge is 0.268 e. The number of H-pyrrole nitrogens is 1. The molecule has 4 nitrogen and oxygen atoms in total. The maximum absolute atomic E-state index is 13.0. The molecule has 0 spiro atoms. The Labute approximate surface area is 141 Å². The predicted octanol–water partition coefficient (Wildman–Crippen LogP) is 3.53. The van der Waals surface area contributed by atoms with Gasteiger partial charge >= 0.3 is 0 Å². The van der Waals surface area contributed by atoms with Crippen LogP contribution in [0.2, 0.25) is 0 Å². The number of fused-ring (bicyclic) bond motifs is 2. The zero-order valence-corrected chi connectivity index (χ0v) is 14.1. The molecule has 0 bridgehead atoms. The van der Waals surface area contributed by atoms with E-state index in [1.807, 2.05) is 49.4 Å². The fraction of sp³-hybridized carbons (Fsp3) is 0.167. The van der Waals surface area contributed by atoms with Gasteiger partial charge in [0.25, 0.3) is 5.91 Å². The van der Waals surface area contributed by atoms with Gasteiger partial charge in [-0.1, -0.05) is 34.1 Å². The third-order valence-electron chi connectivity index (χ3n) is 4.49. The van der Waals surface area contributed by atoms with Crippen molar-refractivity contribution in [2.24, 2.45) is 0 Å². The highest BCUT2D eigenvalue weighted by Crippen LogP contribution is 2.47. The van der Waals surface area contributed by atoms with E-state index < -0.39 is 5.60 Å². The van der Waals surface area contributed by atoms with Gasteiger partial charge in [0.05, 0.1) is 5.69 Å². The number of hydrogen-bond acceptors (Lipinski definition) is 2. The van der Waals surface area contributed by atoms with E-state index in [9.17, 15) is 9.90 Å². The number of aromatic amines is 1. The second-order valence-electron chi connectivity index (χ2n) is 5.67. The van der Waals surface area contributed by atoms with Crippen molar-refractivity contribution < 1.29 is 9.90 Å². The standard InChI is InChI=1S/C18H15BrN2O2/c1-2-21-16-8-7-11(19)9-13(16)18(23,17(21)22)14-10-20-15-6-4-3-5-12(14)15/h3-10,20,23H,2H2,1H3/t18-/m0/s1. The summed E-state index contributed by atoms with van der Waals surface area (Å²) < 4.78 is 0.834. The zero-order chi connectivity index (χ0) is 16.2. The zero-order valence-electron chi connectivity index (χ0n) is 12.5. The normalized spacial score (nSPS) is 20.3. The van der Waals surface area contributed by atoms with Gasteiger partial charge in [0.15, 0.2) is 5.60 Å². The minimum Gasteiger partial charge on any atom is -0.372 e. The van der Waals surface area contributed by atoms with Crippen molar-refractivity contribution in [3.05, 3.63) is 64.3 Å². The van der Waals surface area contributed by atoms with E-state index in [0.717, 1.165) is 21.1 Å². The molecule has 2 N–H and O–H groups in total. The van der Waals surface area contributed by atoms with Gasteiger partial charge in [0, 0.05) is 39.2 Å². The van der Waals surface area contributed by atoms with Crippen LogP contribution in [-0.2, 0) is 10.4 Å². The second-order valence-corrected chi connectivity index (χ2v) is 6.58. The molecular weight excluding hydrogens is 356 g/mol. The summed E-state index contributed by atoms with van der Waals surface area (Å²) in [5.74, 6) is -0.308. The first kappa shape index (κ1) is 14.5. The van der Waals surface area contributed by atoms with Crippen LogP contribution in [0.1, 0.15) is 18.1 Å². The van der Waals surface area contributed by atoms with E-state index in [1.54, 1.807) is 11.1 Å². The SMILES string of the molecule is CCN1C(=O)[C@@](O)(c2c[nH]c3ccccc23)c2cc(Br)ccc21. The van der Waals surface area contributed by atoms with E-state index >= 15 is 0 Å². The molecule has 0 fully saturated rings. The van der Waals surface area contributed by atoms with E-state index in [2.05, 4.69) is 20.9 Å². The van der Waals surface area contributed by atoms with E-state index in [4.69, 9.17) is 0 Å². The van der Waals surface area contributed by atoms with Crippen molar-refractivity contribution in [3.63, 3.8) is 0 Å². The van der Waals surface area contributed by atoms with Crippen molar-refractivity contribution in [2.75, 3.05) is 11.4 Å². The molecular formula is C18H15BrN2O2. The number of nitrogens with zero attached hydrogens (tertiary/aromatic N) is 1. The molecule has 1 amide bonds. The lowest BCUT2D eigenvalue weighted by atomic mass is 9.87. The maximum Gasteiger partial charge on any atom is 0.268 e. The number of benzene rings is 2.